The van der Waals surface area contributed by atoms with Crippen molar-refractivity contribution in [2.24, 2.45) is 5.92 Å². The fourth-order valence-corrected chi connectivity index (χ4v) is 9.32. The summed E-state index contributed by atoms with van der Waals surface area (Å²) in [6.45, 7) is 4.20. The standard InChI is InChI=1S/C42H48F2N8O6S/c1-3-50(2)59(56,57)49-37-13-11-34(43)40(33(37)24-45)58-30-9-12-36-32(23-30)42(55)52(25-46-36)21-18-26-16-19-51(20-17-26)29-7-4-27(5-8-29)31-10-6-28(22-35(31)44)47-38-14-15-39(53)48-41(38)54/h6,9-13,22-23,25-27,29,38,47,49H,3-5,7-8,14-21H2,1-2H3,(H,48,53,54). The second kappa shape index (κ2) is 17.8. The van der Waals surface area contributed by atoms with Crippen molar-refractivity contribution < 1.29 is 31.5 Å². The van der Waals surface area contributed by atoms with Crippen molar-refractivity contribution in [3.05, 3.63) is 88.0 Å². The Morgan fingerprint density at radius 3 is 2.44 bits per heavy atom. The number of carbonyl (C=O) groups is 2. The summed E-state index contributed by atoms with van der Waals surface area (Å²) in [6.07, 6.45) is 8.71. The predicted octanol–water partition coefficient (Wildman–Crippen LogP) is 5.99. The van der Waals surface area contributed by atoms with Crippen molar-refractivity contribution in [1.82, 2.24) is 24.1 Å². The molecule has 3 N–H and O–H groups in total. The van der Waals surface area contributed by atoms with Crippen molar-refractivity contribution in [2.75, 3.05) is 36.7 Å². The molecule has 0 spiro atoms. The van der Waals surface area contributed by atoms with E-state index in [0.717, 1.165) is 74.5 Å². The molecule has 1 aliphatic carbocycles. The lowest BCUT2D eigenvalue weighted by Gasteiger charge is -2.41. The Balaban J connectivity index is 0.915. The van der Waals surface area contributed by atoms with Gasteiger partial charge in [0.2, 0.25) is 11.8 Å². The number of aryl methyl sites for hydroxylation is 1. The average Bonchev–Trinajstić information content (AvgIpc) is 3.23. The van der Waals surface area contributed by atoms with E-state index < -0.39 is 27.8 Å². The van der Waals surface area contributed by atoms with E-state index in [4.69, 9.17) is 4.74 Å². The maximum atomic E-state index is 15.3. The van der Waals surface area contributed by atoms with Gasteiger partial charge in [0.05, 0.1) is 22.9 Å². The lowest BCUT2D eigenvalue weighted by Crippen LogP contribution is -2.47. The number of benzene rings is 3. The first kappa shape index (κ1) is 41.7. The first-order valence-corrected chi connectivity index (χ1v) is 21.5. The van der Waals surface area contributed by atoms with Gasteiger partial charge in [-0.25, -0.2) is 13.8 Å². The highest BCUT2D eigenvalue weighted by Crippen LogP contribution is 2.38. The Hall–Kier alpha value is -5.44. The largest absolute Gasteiger partial charge is 0.453 e. The van der Waals surface area contributed by atoms with Crippen molar-refractivity contribution in [3.8, 4) is 17.6 Å². The van der Waals surface area contributed by atoms with Crippen molar-refractivity contribution >= 4 is 44.3 Å². The highest BCUT2D eigenvalue weighted by Gasteiger charge is 2.31. The summed E-state index contributed by atoms with van der Waals surface area (Å²) in [4.78, 5) is 44.2. The second-order valence-electron chi connectivity index (χ2n) is 15.6. The predicted molar refractivity (Wildman–Crippen MR) is 218 cm³/mol. The molecule has 1 unspecified atom stereocenters. The van der Waals surface area contributed by atoms with Crippen molar-refractivity contribution in [1.29, 1.82) is 5.26 Å². The number of piperidine rings is 2. The summed E-state index contributed by atoms with van der Waals surface area (Å²) in [5.41, 5.74) is 0.878. The lowest BCUT2D eigenvalue weighted by molar-refractivity contribution is -0.133. The quantitative estimate of drug-likeness (QED) is 0.136. The number of likely N-dealkylation sites (tertiary alicyclic amines) is 1. The van der Waals surface area contributed by atoms with E-state index >= 15 is 8.78 Å². The molecule has 7 rings (SSSR count). The number of anilines is 2. The molecule has 2 aliphatic heterocycles. The molecule has 3 fully saturated rings. The number of fused-ring (bicyclic) bond motifs is 1. The van der Waals surface area contributed by atoms with Crippen LogP contribution in [0.3, 0.4) is 0 Å². The summed E-state index contributed by atoms with van der Waals surface area (Å²) in [6, 6.07) is 13.5. The number of aromatic nitrogens is 2. The monoisotopic (exact) mass is 830 g/mol. The number of nitriles is 1. The number of hydrogen-bond acceptors (Lipinski definition) is 10. The normalized spacial score (nSPS) is 20.6. The minimum Gasteiger partial charge on any atom is -0.453 e. The van der Waals surface area contributed by atoms with Crippen LogP contribution in [-0.2, 0) is 26.3 Å². The molecular formula is C42H48F2N8O6S. The van der Waals surface area contributed by atoms with Crippen LogP contribution in [-0.4, -0.2) is 77.8 Å². The molecule has 1 aromatic heterocycles. The number of rotatable bonds is 13. The number of amides is 2. The maximum Gasteiger partial charge on any atom is 0.301 e. The number of hydrogen-bond donors (Lipinski definition) is 3. The third kappa shape index (κ3) is 9.40. The van der Waals surface area contributed by atoms with E-state index in [1.165, 1.54) is 31.6 Å². The Morgan fingerprint density at radius 2 is 1.75 bits per heavy atom. The van der Waals surface area contributed by atoms with Crippen LogP contribution >= 0.6 is 0 Å². The second-order valence-corrected chi connectivity index (χ2v) is 17.4. The van der Waals surface area contributed by atoms with E-state index in [-0.39, 0.29) is 64.5 Å². The van der Waals surface area contributed by atoms with Gasteiger partial charge in [-0.05, 0) is 124 Å². The molecule has 0 radical (unpaired) electrons. The van der Waals surface area contributed by atoms with Gasteiger partial charge in [0.15, 0.2) is 11.6 Å². The van der Waals surface area contributed by atoms with Gasteiger partial charge in [-0.1, -0.05) is 13.0 Å². The number of halogens is 2. The number of imide groups is 1. The number of carbonyl (C=O) groups excluding carboxylic acids is 2. The third-order valence-electron chi connectivity index (χ3n) is 12.0. The van der Waals surface area contributed by atoms with Gasteiger partial charge in [-0.2, -0.15) is 18.0 Å². The van der Waals surface area contributed by atoms with Gasteiger partial charge < -0.3 is 15.0 Å². The zero-order chi connectivity index (χ0) is 41.8. The molecule has 3 aliphatic rings. The molecular weight excluding hydrogens is 783 g/mol. The van der Waals surface area contributed by atoms with Gasteiger partial charge in [0.1, 0.15) is 29.2 Å². The van der Waals surface area contributed by atoms with E-state index in [2.05, 4.69) is 25.2 Å². The fourth-order valence-electron chi connectivity index (χ4n) is 8.38. The van der Waals surface area contributed by atoms with Gasteiger partial charge in [0.25, 0.3) is 5.56 Å². The Labute approximate surface area is 341 Å². The summed E-state index contributed by atoms with van der Waals surface area (Å²) < 4.78 is 66.3. The topological polar surface area (TPSA) is 179 Å². The van der Waals surface area contributed by atoms with E-state index in [9.17, 15) is 28.1 Å². The van der Waals surface area contributed by atoms with E-state index in [1.54, 1.807) is 17.6 Å². The average molecular weight is 831 g/mol. The van der Waals surface area contributed by atoms with Crippen molar-refractivity contribution in [2.45, 2.75) is 89.3 Å². The van der Waals surface area contributed by atoms with Gasteiger partial charge in [-0.3, -0.25) is 29.0 Å². The molecule has 4 aromatic rings. The molecule has 2 amide bonds. The zero-order valence-electron chi connectivity index (χ0n) is 33.0. The van der Waals surface area contributed by atoms with Crippen LogP contribution < -0.4 is 25.7 Å². The SMILES string of the molecule is CCN(C)S(=O)(=O)Nc1ccc(F)c(Oc2ccc3ncn(CCC4CCN(C5CCC(c6ccc(NC7CCC(=O)NC7=O)cc6F)CC5)CC4)c(=O)c3c2)c1C#N. The lowest BCUT2D eigenvalue weighted by atomic mass is 9.80. The molecule has 17 heteroatoms. The van der Waals surface area contributed by atoms with E-state index in [0.29, 0.717) is 41.7 Å². The molecule has 312 valence electrons. The molecule has 1 saturated carbocycles. The minimum atomic E-state index is -4.00. The summed E-state index contributed by atoms with van der Waals surface area (Å²) in [5, 5.41) is 15.5. The minimum absolute atomic E-state index is 0.0824. The molecule has 3 heterocycles. The van der Waals surface area contributed by atoms with Crippen LogP contribution in [0, 0.1) is 28.9 Å². The molecule has 1 atom stereocenters. The van der Waals surface area contributed by atoms with Gasteiger partial charge in [-0.15, -0.1) is 0 Å². The molecule has 14 nitrogen and oxygen atoms in total. The van der Waals surface area contributed by atoms with Gasteiger partial charge in [0, 0.05) is 38.3 Å². The Morgan fingerprint density at radius 1 is 0.983 bits per heavy atom. The van der Waals surface area contributed by atoms with Crippen LogP contribution in [0.5, 0.6) is 11.5 Å². The first-order chi connectivity index (χ1) is 28.3. The highest BCUT2D eigenvalue weighted by atomic mass is 32.2. The fraction of sp³-hybridized carbons (Fsp3) is 0.452. The highest BCUT2D eigenvalue weighted by molar-refractivity contribution is 7.90. The Bertz CT molecular complexity index is 2440. The molecule has 3 aromatic carbocycles. The number of nitrogens with one attached hydrogen (secondary N) is 3. The smallest absolute Gasteiger partial charge is 0.301 e. The van der Waals surface area contributed by atoms with Crippen LogP contribution in [0.25, 0.3) is 10.9 Å². The Kier molecular flexibility index (Phi) is 12.6. The van der Waals surface area contributed by atoms with Crippen LogP contribution in [0.1, 0.15) is 81.8 Å². The number of ether oxygens (including phenoxy) is 1. The van der Waals surface area contributed by atoms with Gasteiger partial charge >= 0.3 is 10.2 Å². The summed E-state index contributed by atoms with van der Waals surface area (Å²) in [5.74, 6) is -1.67. The number of nitrogens with zero attached hydrogens (tertiary/aromatic N) is 5. The third-order valence-corrected chi connectivity index (χ3v) is 13.5. The summed E-state index contributed by atoms with van der Waals surface area (Å²) in [7, 11) is -2.64. The van der Waals surface area contributed by atoms with Crippen molar-refractivity contribution in [3.63, 3.8) is 0 Å². The maximum absolute atomic E-state index is 15.3. The van der Waals surface area contributed by atoms with Crippen LogP contribution in [0.2, 0.25) is 0 Å². The van der Waals surface area contributed by atoms with E-state index in [1.807, 2.05) is 18.2 Å². The van der Waals surface area contributed by atoms with Crippen LogP contribution in [0.4, 0.5) is 20.2 Å². The zero-order valence-corrected chi connectivity index (χ0v) is 33.9. The molecule has 0 bridgehead atoms. The summed E-state index contributed by atoms with van der Waals surface area (Å²) >= 11 is 0. The first-order valence-electron chi connectivity index (χ1n) is 20.1. The van der Waals surface area contributed by atoms with Crippen LogP contribution in [0.15, 0.2) is 59.7 Å². The molecule has 2 saturated heterocycles. The molecule has 59 heavy (non-hydrogen) atoms.